The molecule has 2 aromatic carbocycles. The van der Waals surface area contributed by atoms with Crippen molar-refractivity contribution in [2.75, 3.05) is 17.2 Å². The molecule has 6 heteroatoms. The second kappa shape index (κ2) is 10.2. The Balaban J connectivity index is 1.71. The van der Waals surface area contributed by atoms with Crippen molar-refractivity contribution in [3.8, 4) is 0 Å². The number of urea groups is 2. The molecule has 1 unspecified atom stereocenters. The van der Waals surface area contributed by atoms with E-state index in [2.05, 4.69) is 21.3 Å². The Morgan fingerprint density at radius 1 is 0.815 bits per heavy atom. The van der Waals surface area contributed by atoms with Crippen molar-refractivity contribution in [3.05, 3.63) is 59.7 Å². The third kappa shape index (κ3) is 7.40. The highest BCUT2D eigenvalue weighted by atomic mass is 16.2. The van der Waals surface area contributed by atoms with Crippen LogP contribution in [0.1, 0.15) is 30.9 Å². The monoisotopic (exact) mass is 368 g/mol. The maximum Gasteiger partial charge on any atom is 0.319 e. The van der Waals surface area contributed by atoms with E-state index >= 15 is 0 Å². The van der Waals surface area contributed by atoms with Gasteiger partial charge in [-0.1, -0.05) is 42.3 Å². The molecule has 1 atom stereocenters. The van der Waals surface area contributed by atoms with E-state index in [4.69, 9.17) is 0 Å². The Hall–Kier alpha value is -3.02. The molecule has 0 bridgehead atoms. The average molecular weight is 368 g/mol. The van der Waals surface area contributed by atoms with Crippen molar-refractivity contribution in [2.45, 2.75) is 39.7 Å². The zero-order valence-electron chi connectivity index (χ0n) is 16.1. The first kappa shape index (κ1) is 20.3. The quantitative estimate of drug-likeness (QED) is 0.584. The summed E-state index contributed by atoms with van der Waals surface area (Å²) in [5, 5.41) is 11.4. The number of carbonyl (C=O) groups excluding carboxylic acids is 2. The molecule has 0 aliphatic carbocycles. The number of hydrogen-bond donors (Lipinski definition) is 4. The SMILES string of the molecule is CCC(CCNC(=O)Nc1ccc(C)cc1)NC(=O)Nc1ccc(C)cc1. The lowest BCUT2D eigenvalue weighted by Gasteiger charge is -2.18. The van der Waals surface area contributed by atoms with Crippen molar-refractivity contribution in [1.29, 1.82) is 0 Å². The summed E-state index contributed by atoms with van der Waals surface area (Å²) in [5.74, 6) is 0. The van der Waals surface area contributed by atoms with Crippen molar-refractivity contribution in [3.63, 3.8) is 0 Å². The van der Waals surface area contributed by atoms with E-state index in [0.717, 1.165) is 28.9 Å². The summed E-state index contributed by atoms with van der Waals surface area (Å²) >= 11 is 0. The van der Waals surface area contributed by atoms with Gasteiger partial charge >= 0.3 is 12.1 Å². The van der Waals surface area contributed by atoms with E-state index in [9.17, 15) is 9.59 Å². The lowest BCUT2D eigenvalue weighted by molar-refractivity contribution is 0.246. The van der Waals surface area contributed by atoms with E-state index in [1.807, 2.05) is 69.3 Å². The molecule has 144 valence electrons. The largest absolute Gasteiger partial charge is 0.338 e. The summed E-state index contributed by atoms with van der Waals surface area (Å²) in [6.45, 7) is 6.47. The normalized spacial score (nSPS) is 11.4. The summed E-state index contributed by atoms with van der Waals surface area (Å²) in [7, 11) is 0. The lowest BCUT2D eigenvalue weighted by Crippen LogP contribution is -2.40. The van der Waals surface area contributed by atoms with Gasteiger partial charge in [-0.2, -0.15) is 0 Å². The van der Waals surface area contributed by atoms with E-state index in [-0.39, 0.29) is 18.1 Å². The van der Waals surface area contributed by atoms with Gasteiger partial charge in [-0.05, 0) is 51.0 Å². The predicted octanol–water partition coefficient (Wildman–Crippen LogP) is 4.42. The lowest BCUT2D eigenvalue weighted by atomic mass is 10.1. The van der Waals surface area contributed by atoms with Crippen molar-refractivity contribution < 1.29 is 9.59 Å². The Morgan fingerprint density at radius 2 is 1.30 bits per heavy atom. The summed E-state index contributed by atoms with van der Waals surface area (Å²) in [5.41, 5.74) is 3.79. The van der Waals surface area contributed by atoms with Gasteiger partial charge in [0.15, 0.2) is 0 Å². The molecule has 0 aliphatic rings. The van der Waals surface area contributed by atoms with Crippen LogP contribution in [0.25, 0.3) is 0 Å². The van der Waals surface area contributed by atoms with Crippen LogP contribution in [0.2, 0.25) is 0 Å². The van der Waals surface area contributed by atoms with Gasteiger partial charge in [0.25, 0.3) is 0 Å². The molecule has 0 aromatic heterocycles. The summed E-state index contributed by atoms with van der Waals surface area (Å²) in [6, 6.07) is 14.7. The van der Waals surface area contributed by atoms with Crippen molar-refractivity contribution in [1.82, 2.24) is 10.6 Å². The number of benzene rings is 2. The molecule has 2 rings (SSSR count). The highest BCUT2D eigenvalue weighted by Crippen LogP contribution is 2.09. The third-order valence-electron chi connectivity index (χ3n) is 4.23. The van der Waals surface area contributed by atoms with Gasteiger partial charge in [-0.3, -0.25) is 0 Å². The van der Waals surface area contributed by atoms with Crippen LogP contribution in [-0.2, 0) is 0 Å². The fourth-order valence-corrected chi connectivity index (χ4v) is 2.54. The van der Waals surface area contributed by atoms with Crippen LogP contribution in [0, 0.1) is 13.8 Å². The molecule has 2 aromatic rings. The first-order chi connectivity index (χ1) is 13.0. The third-order valence-corrected chi connectivity index (χ3v) is 4.23. The summed E-state index contributed by atoms with van der Waals surface area (Å²) < 4.78 is 0. The Kier molecular flexibility index (Phi) is 7.67. The van der Waals surface area contributed by atoms with E-state index < -0.39 is 0 Å². The van der Waals surface area contributed by atoms with Gasteiger partial charge in [0.05, 0.1) is 0 Å². The van der Waals surface area contributed by atoms with E-state index in [1.54, 1.807) is 0 Å². The zero-order chi connectivity index (χ0) is 19.6. The van der Waals surface area contributed by atoms with Gasteiger partial charge in [0.1, 0.15) is 0 Å². The van der Waals surface area contributed by atoms with Crippen molar-refractivity contribution >= 4 is 23.4 Å². The minimum Gasteiger partial charge on any atom is -0.338 e. The zero-order valence-corrected chi connectivity index (χ0v) is 16.1. The molecule has 4 N–H and O–H groups in total. The Labute approximate surface area is 160 Å². The molecule has 0 aliphatic heterocycles. The molecule has 4 amide bonds. The molecular formula is C21H28N4O2. The first-order valence-corrected chi connectivity index (χ1v) is 9.22. The van der Waals surface area contributed by atoms with Crippen LogP contribution in [-0.4, -0.2) is 24.6 Å². The topological polar surface area (TPSA) is 82.3 Å². The van der Waals surface area contributed by atoms with Crippen LogP contribution in [0.4, 0.5) is 21.0 Å². The molecule has 0 radical (unpaired) electrons. The Morgan fingerprint density at radius 3 is 1.78 bits per heavy atom. The molecule has 0 saturated carbocycles. The number of carbonyl (C=O) groups is 2. The molecular weight excluding hydrogens is 340 g/mol. The molecule has 27 heavy (non-hydrogen) atoms. The van der Waals surface area contributed by atoms with Gasteiger partial charge in [-0.25, -0.2) is 9.59 Å². The van der Waals surface area contributed by atoms with Gasteiger partial charge in [0, 0.05) is 24.0 Å². The number of amides is 4. The smallest absolute Gasteiger partial charge is 0.319 e. The summed E-state index contributed by atoms with van der Waals surface area (Å²) in [4.78, 5) is 24.0. The standard InChI is InChI=1S/C21H28N4O2/c1-4-17(23-21(27)25-19-11-7-16(3)8-12-19)13-14-22-20(26)24-18-9-5-15(2)6-10-18/h5-12,17H,4,13-14H2,1-3H3,(H2,22,24,26)(H2,23,25,27). The molecule has 0 saturated heterocycles. The highest BCUT2D eigenvalue weighted by Gasteiger charge is 2.11. The predicted molar refractivity (Wildman–Crippen MR) is 110 cm³/mol. The van der Waals surface area contributed by atoms with Crippen LogP contribution in [0.5, 0.6) is 0 Å². The van der Waals surface area contributed by atoms with Gasteiger partial charge in [-0.15, -0.1) is 0 Å². The molecule has 0 heterocycles. The van der Waals surface area contributed by atoms with Crippen LogP contribution >= 0.6 is 0 Å². The Bertz CT molecular complexity index is 742. The number of hydrogen-bond acceptors (Lipinski definition) is 2. The number of nitrogens with one attached hydrogen (secondary N) is 4. The number of aryl methyl sites for hydroxylation is 2. The fraction of sp³-hybridized carbons (Fsp3) is 0.333. The highest BCUT2D eigenvalue weighted by molar-refractivity contribution is 5.90. The van der Waals surface area contributed by atoms with Crippen LogP contribution in [0.3, 0.4) is 0 Å². The minimum absolute atomic E-state index is 0.0184. The number of anilines is 2. The number of rotatable bonds is 7. The fourth-order valence-electron chi connectivity index (χ4n) is 2.54. The minimum atomic E-state index is -0.252. The van der Waals surface area contributed by atoms with Crippen LogP contribution < -0.4 is 21.3 Å². The second-order valence-corrected chi connectivity index (χ2v) is 6.61. The molecule has 0 fully saturated rings. The maximum atomic E-state index is 12.1. The molecule has 6 nitrogen and oxygen atoms in total. The van der Waals surface area contributed by atoms with Gasteiger partial charge in [0.2, 0.25) is 0 Å². The van der Waals surface area contributed by atoms with Crippen LogP contribution in [0.15, 0.2) is 48.5 Å². The maximum absolute atomic E-state index is 12.1. The van der Waals surface area contributed by atoms with E-state index in [1.165, 1.54) is 0 Å². The second-order valence-electron chi connectivity index (χ2n) is 6.61. The van der Waals surface area contributed by atoms with Gasteiger partial charge < -0.3 is 21.3 Å². The van der Waals surface area contributed by atoms with E-state index in [0.29, 0.717) is 13.0 Å². The average Bonchev–Trinajstić information content (AvgIpc) is 2.64. The van der Waals surface area contributed by atoms with Crippen molar-refractivity contribution in [2.24, 2.45) is 0 Å². The first-order valence-electron chi connectivity index (χ1n) is 9.22. The molecule has 0 spiro atoms. The summed E-state index contributed by atoms with van der Waals surface area (Å²) in [6.07, 6.45) is 1.43.